The molecule has 18 heavy (non-hydrogen) atoms. The van der Waals surface area contributed by atoms with Gasteiger partial charge in [-0.15, -0.1) is 12.1 Å². The monoisotopic (exact) mass is 287 g/mol. The molecule has 1 fully saturated rings. The first-order chi connectivity index (χ1) is 7.62. The van der Waals surface area contributed by atoms with Crippen LogP contribution in [0.2, 0.25) is 0 Å². The Kier molecular flexibility index (Phi) is 7.75. The van der Waals surface area contributed by atoms with Crippen molar-refractivity contribution in [1.82, 2.24) is 4.90 Å². The van der Waals surface area contributed by atoms with Crippen molar-refractivity contribution in [2.45, 2.75) is 45.6 Å². The fraction of sp³-hybridized carbons (Fsp3) is 0.833. The smallest absolute Gasteiger partial charge is 0.445 e. The van der Waals surface area contributed by atoms with E-state index in [1.54, 1.807) is 7.05 Å². The number of hydrogen-bond acceptors (Lipinski definition) is 1. The first-order valence-corrected chi connectivity index (χ1v) is 6.20. The van der Waals surface area contributed by atoms with E-state index in [2.05, 4.69) is 20.4 Å². The van der Waals surface area contributed by atoms with Crippen molar-refractivity contribution < 1.29 is 64.3 Å². The minimum absolute atomic E-state index is 0. The van der Waals surface area contributed by atoms with Crippen LogP contribution >= 0.6 is 0 Å². The van der Waals surface area contributed by atoms with Crippen LogP contribution in [0.25, 0.3) is 0 Å². The Morgan fingerprint density at radius 1 is 1.28 bits per heavy atom. The molecule has 0 atom stereocenters. The Balaban J connectivity index is 0.00000289. The number of likely N-dealkylation sites (N-methyl/N-ethyl adjacent to an activating group) is 1. The predicted octanol–water partition coefficient (Wildman–Crippen LogP) is 0.834. The molecule has 0 bridgehead atoms. The van der Waals surface area contributed by atoms with Gasteiger partial charge < -0.3 is 17.8 Å². The molecular formula is C12H22BF3KN. The van der Waals surface area contributed by atoms with Crippen LogP contribution in [0.15, 0.2) is 12.1 Å². The zero-order chi connectivity index (χ0) is 13.3. The molecule has 0 radical (unpaired) electrons. The summed E-state index contributed by atoms with van der Waals surface area (Å²) >= 11 is 0. The molecule has 6 heteroatoms. The largest absolute Gasteiger partial charge is 1.00 e. The van der Waals surface area contributed by atoms with Crippen LogP contribution in [0, 0.1) is 5.41 Å². The minimum Gasteiger partial charge on any atom is -0.445 e. The van der Waals surface area contributed by atoms with Crippen LogP contribution in [0.4, 0.5) is 12.9 Å². The zero-order valence-electron chi connectivity index (χ0n) is 12.0. The first-order valence-electron chi connectivity index (χ1n) is 6.20. The van der Waals surface area contributed by atoms with E-state index in [9.17, 15) is 12.9 Å². The van der Waals surface area contributed by atoms with E-state index >= 15 is 0 Å². The number of hydrogen-bond donors (Lipinski definition) is 0. The summed E-state index contributed by atoms with van der Waals surface area (Å²) < 4.78 is 37.3. The molecule has 1 saturated carbocycles. The molecule has 0 amide bonds. The molecule has 100 valence electrons. The van der Waals surface area contributed by atoms with Gasteiger partial charge in [-0.05, 0) is 44.7 Å². The fourth-order valence-electron chi connectivity index (χ4n) is 2.38. The summed E-state index contributed by atoms with van der Waals surface area (Å²) in [6.45, 7) is 2.66. The summed E-state index contributed by atoms with van der Waals surface area (Å²) in [6, 6.07) is 0.276. The molecule has 0 aromatic heterocycles. The minimum atomic E-state index is -4.89. The van der Waals surface area contributed by atoms with Crippen molar-refractivity contribution in [3.8, 4) is 0 Å². The SMILES string of the molecule is C=C(CN(C)C1CCC(C)(C)CC1)[B-](F)(F)F.[K+]. The van der Waals surface area contributed by atoms with Crippen LogP contribution in [0.3, 0.4) is 0 Å². The third kappa shape index (κ3) is 6.10. The summed E-state index contributed by atoms with van der Waals surface area (Å²) in [6.07, 6.45) is 4.15. The average molecular weight is 287 g/mol. The number of nitrogens with zero attached hydrogens (tertiary/aromatic N) is 1. The Morgan fingerprint density at radius 2 is 1.72 bits per heavy atom. The Hall–Kier alpha value is 1.19. The standard InChI is InChI=1S/C12H22BF3N.K/c1-10(13(14,15)16)9-17(4)11-5-7-12(2,3)8-6-11;/h11H,1,5-9H2,2-4H3;/q-1;+1. The normalized spacial score (nSPS) is 20.6. The second-order valence-corrected chi connectivity index (χ2v) is 6.04. The summed E-state index contributed by atoms with van der Waals surface area (Å²) in [5.74, 6) is 0. The maximum atomic E-state index is 12.4. The van der Waals surface area contributed by atoms with Gasteiger partial charge in [0.25, 0.3) is 0 Å². The van der Waals surface area contributed by atoms with Gasteiger partial charge in [-0.25, -0.2) is 0 Å². The summed E-state index contributed by atoms with van der Waals surface area (Å²) in [5, 5.41) is 0. The molecule has 0 aliphatic heterocycles. The fourth-order valence-corrected chi connectivity index (χ4v) is 2.38. The Bertz CT molecular complexity index is 282. The van der Waals surface area contributed by atoms with E-state index in [0.717, 1.165) is 25.7 Å². The van der Waals surface area contributed by atoms with Crippen molar-refractivity contribution in [2.24, 2.45) is 5.41 Å². The van der Waals surface area contributed by atoms with Gasteiger partial charge >= 0.3 is 58.4 Å². The van der Waals surface area contributed by atoms with Crippen molar-refractivity contribution in [1.29, 1.82) is 0 Å². The number of halogens is 3. The van der Waals surface area contributed by atoms with Crippen molar-refractivity contribution in [3.63, 3.8) is 0 Å². The Morgan fingerprint density at radius 3 is 2.11 bits per heavy atom. The van der Waals surface area contributed by atoms with Gasteiger partial charge in [0.2, 0.25) is 0 Å². The van der Waals surface area contributed by atoms with Crippen molar-refractivity contribution >= 4 is 6.98 Å². The molecule has 1 aliphatic rings. The molecule has 1 nitrogen and oxygen atoms in total. The van der Waals surface area contributed by atoms with Crippen LogP contribution in [0.5, 0.6) is 0 Å². The van der Waals surface area contributed by atoms with Crippen LogP contribution < -0.4 is 51.4 Å². The van der Waals surface area contributed by atoms with Gasteiger partial charge in [0, 0.05) is 6.04 Å². The van der Waals surface area contributed by atoms with Crippen LogP contribution in [-0.4, -0.2) is 31.5 Å². The van der Waals surface area contributed by atoms with Gasteiger partial charge in [0.1, 0.15) is 0 Å². The zero-order valence-corrected chi connectivity index (χ0v) is 15.1. The predicted molar refractivity (Wildman–Crippen MR) is 66.9 cm³/mol. The summed E-state index contributed by atoms with van der Waals surface area (Å²) in [4.78, 5) is 1.81. The first kappa shape index (κ1) is 19.2. The van der Waals surface area contributed by atoms with E-state index < -0.39 is 12.4 Å². The summed E-state index contributed by atoms with van der Waals surface area (Å²) in [7, 11) is 1.77. The number of rotatable bonds is 4. The molecule has 0 unspecified atom stereocenters. The molecule has 0 aromatic rings. The maximum Gasteiger partial charge on any atom is 1.00 e. The molecule has 0 saturated heterocycles. The van der Waals surface area contributed by atoms with Gasteiger partial charge in [0.15, 0.2) is 0 Å². The molecular weight excluding hydrogens is 265 g/mol. The van der Waals surface area contributed by atoms with Gasteiger partial charge in [0.05, 0.1) is 0 Å². The van der Waals surface area contributed by atoms with E-state index in [0.29, 0.717) is 5.41 Å². The van der Waals surface area contributed by atoms with Crippen LogP contribution in [-0.2, 0) is 0 Å². The Labute approximate surface area is 151 Å². The topological polar surface area (TPSA) is 3.24 Å². The molecule has 1 rings (SSSR count). The van der Waals surface area contributed by atoms with Crippen molar-refractivity contribution in [3.05, 3.63) is 12.1 Å². The van der Waals surface area contributed by atoms with Gasteiger partial charge in [-0.2, -0.15) is 0 Å². The summed E-state index contributed by atoms with van der Waals surface area (Å²) in [5.41, 5.74) is -0.236. The second kappa shape index (κ2) is 7.27. The van der Waals surface area contributed by atoms with Crippen LogP contribution in [0.1, 0.15) is 39.5 Å². The molecule has 1 aliphatic carbocycles. The third-order valence-corrected chi connectivity index (χ3v) is 3.85. The average Bonchev–Trinajstić information content (AvgIpc) is 2.15. The van der Waals surface area contributed by atoms with E-state index in [-0.39, 0.29) is 64.0 Å². The molecule has 0 aromatic carbocycles. The van der Waals surface area contributed by atoms with Crippen molar-refractivity contribution in [2.75, 3.05) is 13.6 Å². The van der Waals surface area contributed by atoms with Gasteiger partial charge in [-0.3, -0.25) is 0 Å². The van der Waals surface area contributed by atoms with Gasteiger partial charge in [-0.1, -0.05) is 13.8 Å². The quantitative estimate of drug-likeness (QED) is 0.693. The van der Waals surface area contributed by atoms with E-state index in [1.165, 1.54) is 0 Å². The van der Waals surface area contributed by atoms with E-state index in [4.69, 9.17) is 0 Å². The van der Waals surface area contributed by atoms with E-state index in [1.807, 2.05) is 4.90 Å². The molecule has 0 heterocycles. The molecule has 0 N–H and O–H groups in total. The molecule has 0 spiro atoms. The second-order valence-electron chi connectivity index (χ2n) is 6.04. The third-order valence-electron chi connectivity index (χ3n) is 3.85. The maximum absolute atomic E-state index is 12.4.